The van der Waals surface area contributed by atoms with Gasteiger partial charge in [-0.1, -0.05) is 48.5 Å². The van der Waals surface area contributed by atoms with Crippen LogP contribution in [0.15, 0.2) is 146 Å². The molecule has 0 aliphatic carbocycles. The molecule has 0 spiro atoms. The fourth-order valence-corrected chi connectivity index (χ4v) is 8.16. The van der Waals surface area contributed by atoms with Crippen molar-refractivity contribution in [2.75, 3.05) is 52.4 Å². The van der Waals surface area contributed by atoms with E-state index in [0.29, 0.717) is 0 Å². The van der Waals surface area contributed by atoms with E-state index in [1.54, 1.807) is 97.1 Å². The Morgan fingerprint density at radius 1 is 0.169 bits per heavy atom. The van der Waals surface area contributed by atoms with Crippen molar-refractivity contribution in [3.8, 4) is 92.0 Å². The molecular weight excluding hydrogens is 1240 g/mol. The molecule has 0 amide bonds. The van der Waals surface area contributed by atoms with Crippen LogP contribution in [0.4, 0.5) is 0 Å². The molecule has 0 saturated heterocycles. The summed E-state index contributed by atoms with van der Waals surface area (Å²) in [5, 5.41) is 162. The fourth-order valence-electron chi connectivity index (χ4n) is 8.16. The second-order valence-corrected chi connectivity index (χ2v) is 19.6. The van der Waals surface area contributed by atoms with E-state index in [0.717, 1.165) is 148 Å². The Balaban J connectivity index is 0.00000114. The van der Waals surface area contributed by atoms with Crippen molar-refractivity contribution < 1.29 is 87.2 Å². The van der Waals surface area contributed by atoms with E-state index in [-0.39, 0.29) is 147 Å². The van der Waals surface area contributed by atoms with Crippen molar-refractivity contribution in [1.29, 1.82) is 0 Å². The SMILES string of the molecule is Cl.Cl.Cl.Cl.O.Oc1ccc(CCNCCc2ccc(O)c(O)c2)cc1O.Oc1ccc(CCNCCc2ccc(O)c(O)c2)cc1O.Oc1ccc(CCNCCc2ccc(O)c(O)c2)cc1O.Oc1ccc(CCNCCc2ccc(O)c(O)c2)cc1O. The number of nitrogens with one attached hydrogen (secondary N) is 4. The highest BCUT2D eigenvalue weighted by Gasteiger charge is 2.08. The monoisotopic (exact) mass is 1320 g/mol. The molecule has 0 heterocycles. The second kappa shape index (κ2) is 42.4. The zero-order valence-corrected chi connectivity index (χ0v) is 51.7. The average molecular weight is 1320 g/mol. The number of rotatable bonds is 24. The largest absolute Gasteiger partial charge is 0.504 e. The molecule has 8 aromatic carbocycles. The lowest BCUT2D eigenvalue weighted by molar-refractivity contribution is 0.403. The predicted octanol–water partition coefficient (Wildman–Crippen LogP) is 8.40. The van der Waals surface area contributed by atoms with Crippen LogP contribution in [-0.4, -0.2) is 140 Å². The summed E-state index contributed by atoms with van der Waals surface area (Å²) in [4.78, 5) is 0. The van der Waals surface area contributed by atoms with Crippen LogP contribution >= 0.6 is 49.6 Å². The first kappa shape index (κ1) is 80.5. The van der Waals surface area contributed by atoms with Gasteiger partial charge in [-0.05, 0) is 245 Å². The molecule has 0 saturated carbocycles. The summed E-state index contributed by atoms with van der Waals surface area (Å²) < 4.78 is 0. The lowest BCUT2D eigenvalue weighted by Gasteiger charge is -2.07. The van der Waals surface area contributed by atoms with E-state index in [4.69, 9.17) is 0 Å². The van der Waals surface area contributed by atoms with Gasteiger partial charge < -0.3 is 108 Å². The zero-order chi connectivity index (χ0) is 61.0. The molecule has 0 aliphatic heterocycles. The molecule has 488 valence electrons. The molecule has 0 unspecified atom stereocenters. The lowest BCUT2D eigenvalue weighted by atomic mass is 10.1. The normalized spacial score (nSPS) is 10.1. The van der Waals surface area contributed by atoms with Crippen molar-refractivity contribution in [1.82, 2.24) is 21.3 Å². The summed E-state index contributed by atoms with van der Waals surface area (Å²) in [7, 11) is 0. The minimum Gasteiger partial charge on any atom is -0.504 e. The van der Waals surface area contributed by atoms with Crippen LogP contribution in [0, 0.1) is 0 Å². The van der Waals surface area contributed by atoms with Crippen LogP contribution in [0.1, 0.15) is 44.5 Å². The van der Waals surface area contributed by atoms with E-state index in [1.165, 1.54) is 48.5 Å². The van der Waals surface area contributed by atoms with E-state index in [1.807, 2.05) is 0 Å². The van der Waals surface area contributed by atoms with Gasteiger partial charge in [-0.2, -0.15) is 0 Å². The number of benzene rings is 8. The van der Waals surface area contributed by atoms with Crippen LogP contribution < -0.4 is 21.3 Å². The Hall–Kier alpha value is -8.48. The summed E-state index contributed by atoms with van der Waals surface area (Å²) in [5.41, 5.74) is 7.56. The number of hydrogen-bond donors (Lipinski definition) is 20. The van der Waals surface area contributed by atoms with Gasteiger partial charge in [-0.15, -0.1) is 49.6 Å². The summed E-state index contributed by atoms with van der Waals surface area (Å²) in [5.74, 6) is -1.73. The highest BCUT2D eigenvalue weighted by molar-refractivity contribution is 5.86. The number of hydrogen-bond acceptors (Lipinski definition) is 20. The Morgan fingerprint density at radius 2 is 0.270 bits per heavy atom. The molecule has 0 bridgehead atoms. The highest BCUT2D eigenvalue weighted by Crippen LogP contribution is 2.30. The fraction of sp³-hybridized carbons (Fsp3) is 0.250. The van der Waals surface area contributed by atoms with Gasteiger partial charge in [-0.3, -0.25) is 0 Å². The van der Waals surface area contributed by atoms with Gasteiger partial charge in [0.1, 0.15) is 0 Å². The van der Waals surface area contributed by atoms with E-state index in [9.17, 15) is 81.7 Å². The quantitative estimate of drug-likeness (QED) is 0.0199. The van der Waals surface area contributed by atoms with Crippen LogP contribution in [0.25, 0.3) is 0 Å². The summed E-state index contributed by atoms with van der Waals surface area (Å²) in [6.45, 7) is 5.95. The van der Waals surface area contributed by atoms with Crippen molar-refractivity contribution in [2.45, 2.75) is 51.4 Å². The highest BCUT2D eigenvalue weighted by atomic mass is 35.5. The second-order valence-electron chi connectivity index (χ2n) is 19.6. The maximum atomic E-state index is 9.39. The first-order valence-electron chi connectivity index (χ1n) is 27.1. The third kappa shape index (κ3) is 29.4. The molecule has 22 N–H and O–H groups in total. The molecule has 25 heteroatoms. The zero-order valence-electron chi connectivity index (χ0n) is 48.5. The third-order valence-corrected chi connectivity index (χ3v) is 13.0. The van der Waals surface area contributed by atoms with Gasteiger partial charge in [-0.25, -0.2) is 0 Å². The molecule has 0 aliphatic rings. The standard InChI is InChI=1S/4C16H19NO4.4ClH.H2O/c4*18-13-3-1-11(9-15(13)20)5-7-17-8-6-12-2-4-14(19)16(21)10-12;;;;;/h4*1-4,9-10,17-21H,5-8H2;4*1H;1H2. The van der Waals surface area contributed by atoms with Crippen LogP contribution in [0.3, 0.4) is 0 Å². The number of phenolic OH excluding ortho intramolecular Hbond substituents is 16. The van der Waals surface area contributed by atoms with Gasteiger partial charge >= 0.3 is 0 Å². The molecule has 8 rings (SSSR count). The number of halogens is 4. The number of phenols is 16. The van der Waals surface area contributed by atoms with Gasteiger partial charge in [0.05, 0.1) is 0 Å². The van der Waals surface area contributed by atoms with Crippen molar-refractivity contribution in [2.24, 2.45) is 0 Å². The molecule has 0 fully saturated rings. The predicted molar refractivity (Wildman–Crippen MR) is 352 cm³/mol. The number of aromatic hydroxyl groups is 16. The molecular formula is C64H82Cl4N4O17. The molecule has 21 nitrogen and oxygen atoms in total. The Morgan fingerprint density at radius 3 is 0.360 bits per heavy atom. The maximum Gasteiger partial charge on any atom is 0.157 e. The third-order valence-electron chi connectivity index (χ3n) is 13.0. The smallest absolute Gasteiger partial charge is 0.157 e. The summed E-state index contributed by atoms with van der Waals surface area (Å²) in [6, 6.07) is 38.4. The van der Waals surface area contributed by atoms with Crippen LogP contribution in [0.2, 0.25) is 0 Å². The van der Waals surface area contributed by atoms with Crippen molar-refractivity contribution in [3.63, 3.8) is 0 Å². The topological polar surface area (TPSA) is 403 Å². The van der Waals surface area contributed by atoms with Gasteiger partial charge in [0.25, 0.3) is 0 Å². The molecule has 89 heavy (non-hydrogen) atoms. The summed E-state index contributed by atoms with van der Waals surface area (Å²) in [6.07, 6.45) is 5.96. The molecule has 8 aromatic rings. The van der Waals surface area contributed by atoms with E-state index in [2.05, 4.69) is 21.3 Å². The van der Waals surface area contributed by atoms with E-state index < -0.39 is 0 Å². The molecule has 0 atom stereocenters. The van der Waals surface area contributed by atoms with Crippen molar-refractivity contribution >= 4 is 49.6 Å². The molecule has 0 radical (unpaired) electrons. The minimum atomic E-state index is -0.112. The van der Waals surface area contributed by atoms with Gasteiger partial charge in [0.2, 0.25) is 0 Å². The van der Waals surface area contributed by atoms with Crippen LogP contribution in [-0.2, 0) is 51.4 Å². The van der Waals surface area contributed by atoms with Gasteiger partial charge in [0.15, 0.2) is 92.0 Å². The Kier molecular flexibility index (Phi) is 38.4. The summed E-state index contributed by atoms with van der Waals surface area (Å²) >= 11 is 0. The first-order valence-corrected chi connectivity index (χ1v) is 27.1. The lowest BCUT2D eigenvalue weighted by Crippen LogP contribution is -2.20. The molecule has 0 aromatic heterocycles. The van der Waals surface area contributed by atoms with Crippen molar-refractivity contribution in [3.05, 3.63) is 190 Å². The van der Waals surface area contributed by atoms with E-state index >= 15 is 0 Å². The average Bonchev–Trinajstić information content (AvgIpc) is 3.56. The Bertz CT molecular complexity index is 2700. The minimum absolute atomic E-state index is 0. The Labute approximate surface area is 541 Å². The van der Waals surface area contributed by atoms with Gasteiger partial charge in [0, 0.05) is 0 Å². The first-order chi connectivity index (χ1) is 40.2. The maximum absolute atomic E-state index is 9.39. The van der Waals surface area contributed by atoms with Crippen LogP contribution in [0.5, 0.6) is 92.0 Å².